The molecule has 162 valence electrons. The molecule has 0 bridgehead atoms. The van der Waals surface area contributed by atoms with Gasteiger partial charge < -0.3 is 15.0 Å². The van der Waals surface area contributed by atoms with Crippen molar-refractivity contribution in [3.63, 3.8) is 0 Å². The Morgan fingerprint density at radius 3 is 2.57 bits per heavy atom. The first-order valence-corrected chi connectivity index (χ1v) is 11.6. The third-order valence-corrected chi connectivity index (χ3v) is 6.56. The quantitative estimate of drug-likeness (QED) is 0.690. The van der Waals surface area contributed by atoms with Gasteiger partial charge >= 0.3 is 5.97 Å². The van der Waals surface area contributed by atoms with Gasteiger partial charge in [-0.2, -0.15) is 0 Å². The number of pyridine rings is 1. The predicted octanol–water partition coefficient (Wildman–Crippen LogP) is 4.17. The van der Waals surface area contributed by atoms with Gasteiger partial charge in [-0.05, 0) is 61.1 Å². The third kappa shape index (κ3) is 5.19. The minimum Gasteiger partial charge on any atom is -0.479 e. The van der Waals surface area contributed by atoms with Gasteiger partial charge in [0.15, 0.2) is 6.04 Å². The van der Waals surface area contributed by atoms with Crippen LogP contribution in [0, 0.1) is 5.92 Å². The van der Waals surface area contributed by atoms with Crippen molar-refractivity contribution >= 4 is 23.2 Å². The van der Waals surface area contributed by atoms with E-state index in [1.54, 1.807) is 28.1 Å². The Balaban J connectivity index is 1.99. The lowest BCUT2D eigenvalue weighted by Crippen LogP contribution is -2.39. The van der Waals surface area contributed by atoms with Gasteiger partial charge in [-0.15, -0.1) is 11.3 Å². The summed E-state index contributed by atoms with van der Waals surface area (Å²) in [5, 5.41) is 13.9. The van der Waals surface area contributed by atoms with Crippen molar-refractivity contribution in [2.24, 2.45) is 5.92 Å². The molecule has 2 aromatic rings. The molecule has 1 atom stereocenters. The SMILES string of the molecule is CC(C)CCn1c2c(cc(C(=O)NC(C(=O)O)c3cccs3)c1=O)CCCCCC2. The lowest BCUT2D eigenvalue weighted by Gasteiger charge is -2.22. The Morgan fingerprint density at radius 1 is 1.20 bits per heavy atom. The lowest BCUT2D eigenvalue weighted by atomic mass is 9.95. The molecule has 0 fully saturated rings. The topological polar surface area (TPSA) is 88.4 Å². The summed E-state index contributed by atoms with van der Waals surface area (Å²) >= 11 is 1.26. The van der Waals surface area contributed by atoms with E-state index < -0.39 is 17.9 Å². The molecule has 0 spiro atoms. The average molecular weight is 431 g/mol. The minimum atomic E-state index is -1.16. The van der Waals surface area contributed by atoms with E-state index in [2.05, 4.69) is 19.2 Å². The predicted molar refractivity (Wildman–Crippen MR) is 118 cm³/mol. The van der Waals surface area contributed by atoms with E-state index in [9.17, 15) is 19.5 Å². The highest BCUT2D eigenvalue weighted by Gasteiger charge is 2.26. The van der Waals surface area contributed by atoms with Gasteiger partial charge in [0.1, 0.15) is 5.56 Å². The second-order valence-electron chi connectivity index (χ2n) is 8.34. The van der Waals surface area contributed by atoms with Crippen molar-refractivity contribution < 1.29 is 14.7 Å². The minimum absolute atomic E-state index is 0.0425. The van der Waals surface area contributed by atoms with E-state index >= 15 is 0 Å². The van der Waals surface area contributed by atoms with Crippen LogP contribution in [0.2, 0.25) is 0 Å². The standard InChI is InChI=1S/C23H30N2O4S/c1-15(2)11-12-25-18-9-6-4-3-5-8-16(18)14-17(22(25)27)21(26)24-20(23(28)29)19-10-7-13-30-19/h7,10,13-15,20H,3-6,8-9,11-12H2,1-2H3,(H,24,26)(H,28,29). The maximum atomic E-state index is 13.3. The maximum Gasteiger partial charge on any atom is 0.331 e. The van der Waals surface area contributed by atoms with Crippen LogP contribution in [0.1, 0.15) is 78.5 Å². The molecule has 0 saturated carbocycles. The van der Waals surface area contributed by atoms with Crippen molar-refractivity contribution in [2.45, 2.75) is 71.4 Å². The van der Waals surface area contributed by atoms with Crippen LogP contribution in [0.15, 0.2) is 28.4 Å². The molecule has 1 unspecified atom stereocenters. The average Bonchev–Trinajstić information content (AvgIpc) is 3.20. The zero-order valence-electron chi connectivity index (χ0n) is 17.6. The molecule has 0 aliphatic heterocycles. The summed E-state index contributed by atoms with van der Waals surface area (Å²) in [6.07, 6.45) is 6.90. The number of aromatic nitrogens is 1. The molecule has 6 nitrogen and oxygen atoms in total. The molecule has 0 saturated heterocycles. The Hall–Kier alpha value is -2.41. The largest absolute Gasteiger partial charge is 0.479 e. The fourth-order valence-corrected chi connectivity index (χ4v) is 4.71. The van der Waals surface area contributed by atoms with Crippen molar-refractivity contribution in [1.29, 1.82) is 0 Å². The highest BCUT2D eigenvalue weighted by atomic mass is 32.1. The molecule has 1 aliphatic carbocycles. The van der Waals surface area contributed by atoms with Crippen LogP contribution in [0.4, 0.5) is 0 Å². The summed E-state index contributed by atoms with van der Waals surface area (Å²) in [7, 11) is 0. The Kier molecular flexibility index (Phi) is 7.48. The van der Waals surface area contributed by atoms with E-state index in [0.29, 0.717) is 17.3 Å². The Bertz CT molecular complexity index is 947. The third-order valence-electron chi connectivity index (χ3n) is 5.63. The molecule has 2 N–H and O–H groups in total. The van der Waals surface area contributed by atoms with E-state index in [-0.39, 0.29) is 11.1 Å². The summed E-state index contributed by atoms with van der Waals surface area (Å²) in [6.45, 7) is 4.81. The van der Waals surface area contributed by atoms with Crippen LogP contribution in [0.25, 0.3) is 0 Å². The summed E-state index contributed by atoms with van der Waals surface area (Å²) in [6, 6.07) is 3.96. The maximum absolute atomic E-state index is 13.3. The first-order chi connectivity index (χ1) is 14.4. The van der Waals surface area contributed by atoms with Gasteiger partial charge in [0, 0.05) is 17.1 Å². The van der Waals surface area contributed by atoms with Gasteiger partial charge in [-0.3, -0.25) is 9.59 Å². The summed E-state index contributed by atoms with van der Waals surface area (Å²) in [5.41, 5.74) is 1.82. The second-order valence-corrected chi connectivity index (χ2v) is 9.32. The van der Waals surface area contributed by atoms with Crippen LogP contribution in [-0.2, 0) is 24.2 Å². The first kappa shape index (κ1) is 22.3. The van der Waals surface area contributed by atoms with Crippen molar-refractivity contribution in [3.8, 4) is 0 Å². The number of aliphatic carboxylic acids is 1. The number of hydrogen-bond acceptors (Lipinski definition) is 4. The van der Waals surface area contributed by atoms with Crippen LogP contribution in [-0.4, -0.2) is 21.6 Å². The zero-order valence-corrected chi connectivity index (χ0v) is 18.5. The monoisotopic (exact) mass is 430 g/mol. The molecule has 3 rings (SSSR count). The fraction of sp³-hybridized carbons (Fsp3) is 0.522. The van der Waals surface area contributed by atoms with E-state index in [1.807, 2.05) is 0 Å². The molecule has 0 radical (unpaired) electrons. The summed E-state index contributed by atoms with van der Waals surface area (Å²) in [5.74, 6) is -1.32. The van der Waals surface area contributed by atoms with Gasteiger partial charge in [0.25, 0.3) is 11.5 Å². The molecule has 0 aromatic carbocycles. The van der Waals surface area contributed by atoms with Crippen LogP contribution >= 0.6 is 11.3 Å². The smallest absolute Gasteiger partial charge is 0.331 e. The number of fused-ring (bicyclic) bond motifs is 1. The number of thiophene rings is 1. The van der Waals surface area contributed by atoms with Gasteiger partial charge in [-0.25, -0.2) is 4.79 Å². The molecule has 1 amide bonds. The summed E-state index contributed by atoms with van der Waals surface area (Å²) in [4.78, 5) is 38.6. The number of rotatable bonds is 7. The molecule has 2 aromatic heterocycles. The van der Waals surface area contributed by atoms with Gasteiger partial charge in [-0.1, -0.05) is 32.8 Å². The number of carbonyl (C=O) groups is 2. The van der Waals surface area contributed by atoms with E-state index in [4.69, 9.17) is 0 Å². The molecule has 30 heavy (non-hydrogen) atoms. The molecular weight excluding hydrogens is 400 g/mol. The van der Waals surface area contributed by atoms with Crippen molar-refractivity contribution in [2.75, 3.05) is 0 Å². The fourth-order valence-electron chi connectivity index (χ4n) is 3.94. The number of carbonyl (C=O) groups excluding carboxylic acids is 1. The van der Waals surface area contributed by atoms with Crippen molar-refractivity contribution in [3.05, 3.63) is 55.6 Å². The van der Waals surface area contributed by atoms with Gasteiger partial charge in [0.2, 0.25) is 0 Å². The number of nitrogens with zero attached hydrogens (tertiary/aromatic N) is 1. The van der Waals surface area contributed by atoms with Crippen LogP contribution in [0.5, 0.6) is 0 Å². The Labute approximate surface area is 180 Å². The highest BCUT2D eigenvalue weighted by Crippen LogP contribution is 2.22. The zero-order chi connectivity index (χ0) is 21.7. The van der Waals surface area contributed by atoms with E-state index in [0.717, 1.165) is 56.2 Å². The molecular formula is C23H30N2O4S. The molecule has 1 aliphatic rings. The van der Waals surface area contributed by atoms with Crippen LogP contribution in [0.3, 0.4) is 0 Å². The molecule has 2 heterocycles. The normalized spacial score (nSPS) is 15.2. The number of nitrogens with one attached hydrogen (secondary N) is 1. The number of carboxylic acid groups (broad SMARTS) is 1. The number of amides is 1. The Morgan fingerprint density at radius 2 is 1.93 bits per heavy atom. The number of hydrogen-bond donors (Lipinski definition) is 2. The lowest BCUT2D eigenvalue weighted by molar-refractivity contribution is -0.139. The highest BCUT2D eigenvalue weighted by molar-refractivity contribution is 7.10. The number of carboxylic acids is 1. The van der Waals surface area contributed by atoms with Gasteiger partial charge in [0.05, 0.1) is 0 Å². The molecule has 7 heteroatoms. The van der Waals surface area contributed by atoms with E-state index in [1.165, 1.54) is 11.3 Å². The summed E-state index contributed by atoms with van der Waals surface area (Å²) < 4.78 is 1.77. The number of aryl methyl sites for hydroxylation is 1. The van der Waals surface area contributed by atoms with Crippen LogP contribution < -0.4 is 10.9 Å². The van der Waals surface area contributed by atoms with Crippen molar-refractivity contribution in [1.82, 2.24) is 9.88 Å². The second kappa shape index (κ2) is 10.1. The first-order valence-electron chi connectivity index (χ1n) is 10.7.